The van der Waals surface area contributed by atoms with E-state index in [4.69, 9.17) is 0 Å². The van der Waals surface area contributed by atoms with Crippen molar-refractivity contribution in [1.29, 1.82) is 0 Å². The first-order chi connectivity index (χ1) is 6.93. The van der Waals surface area contributed by atoms with Crippen LogP contribution >= 0.6 is 12.6 Å². The van der Waals surface area contributed by atoms with E-state index in [1.165, 1.54) is 0 Å². The highest BCUT2D eigenvalue weighted by Crippen LogP contribution is 1.90. The fourth-order valence-corrected chi connectivity index (χ4v) is 0.779. The van der Waals surface area contributed by atoms with E-state index in [0.29, 0.717) is 0 Å². The first kappa shape index (κ1) is 16.7. The molecule has 4 nitrogen and oxygen atoms in total. The summed E-state index contributed by atoms with van der Waals surface area (Å²) in [5.41, 5.74) is 0. The molecule has 5 heteroatoms. The third-order valence-corrected chi connectivity index (χ3v) is 1.49. The number of amides is 2. The van der Waals surface area contributed by atoms with Gasteiger partial charge in [-0.25, -0.2) is 0 Å². The third kappa shape index (κ3) is 11.2. The Kier molecular flexibility index (Phi) is 11.0. The van der Waals surface area contributed by atoms with Crippen molar-refractivity contribution < 1.29 is 9.59 Å². The predicted octanol–water partition coefficient (Wildman–Crippen LogP) is 0.972. The number of nitrogens with one attached hydrogen (secondary N) is 2. The number of hydrogen-bond acceptors (Lipinski definition) is 3. The molecule has 0 saturated carbocycles. The zero-order valence-corrected chi connectivity index (χ0v) is 11.0. The Labute approximate surface area is 97.6 Å². The summed E-state index contributed by atoms with van der Waals surface area (Å²) in [6.07, 6.45) is 0. The van der Waals surface area contributed by atoms with Crippen LogP contribution in [0.25, 0.3) is 0 Å². The maximum atomic E-state index is 11.0. The van der Waals surface area contributed by atoms with Crippen molar-refractivity contribution in [2.75, 3.05) is 6.54 Å². The minimum absolute atomic E-state index is 0.0158. The number of carbonyl (C=O) groups excluding carboxylic acids is 2. The molecule has 0 unspecified atom stereocenters. The van der Waals surface area contributed by atoms with Gasteiger partial charge in [0, 0.05) is 6.04 Å². The van der Waals surface area contributed by atoms with Crippen LogP contribution in [0.4, 0.5) is 0 Å². The average molecular weight is 234 g/mol. The van der Waals surface area contributed by atoms with Crippen LogP contribution in [0.15, 0.2) is 0 Å². The van der Waals surface area contributed by atoms with Crippen LogP contribution in [-0.4, -0.2) is 29.7 Å². The summed E-state index contributed by atoms with van der Waals surface area (Å²) in [5, 5.41) is 4.74. The van der Waals surface area contributed by atoms with Gasteiger partial charge in [0.05, 0.1) is 11.8 Å². The summed E-state index contributed by atoms with van der Waals surface area (Å²) >= 11 is 3.92. The molecule has 0 fully saturated rings. The van der Waals surface area contributed by atoms with E-state index in [2.05, 4.69) is 23.3 Å². The molecule has 0 aliphatic heterocycles. The van der Waals surface area contributed by atoms with Gasteiger partial charge in [-0.05, 0) is 20.8 Å². The van der Waals surface area contributed by atoms with Crippen LogP contribution in [0.2, 0.25) is 0 Å². The molecule has 2 N–H and O–H groups in total. The van der Waals surface area contributed by atoms with Crippen molar-refractivity contribution in [3.8, 4) is 0 Å². The Hall–Kier alpha value is -0.710. The van der Waals surface area contributed by atoms with Gasteiger partial charge in [0.15, 0.2) is 0 Å². The van der Waals surface area contributed by atoms with Gasteiger partial charge in [-0.15, -0.1) is 0 Å². The van der Waals surface area contributed by atoms with E-state index in [9.17, 15) is 9.59 Å². The normalized spacial score (nSPS) is 11.1. The van der Waals surface area contributed by atoms with E-state index in [1.54, 1.807) is 6.92 Å². The molecule has 2 amide bonds. The lowest BCUT2D eigenvalue weighted by Crippen LogP contribution is -2.41. The van der Waals surface area contributed by atoms with E-state index in [-0.39, 0.29) is 29.7 Å². The first-order valence-corrected chi connectivity index (χ1v) is 5.70. The molecule has 0 radical (unpaired) electrons. The fraction of sp³-hybridized carbons (Fsp3) is 0.800. The summed E-state index contributed by atoms with van der Waals surface area (Å²) in [6.45, 7) is 9.39. The van der Waals surface area contributed by atoms with Gasteiger partial charge >= 0.3 is 0 Å². The van der Waals surface area contributed by atoms with Crippen molar-refractivity contribution in [1.82, 2.24) is 10.6 Å². The van der Waals surface area contributed by atoms with Crippen molar-refractivity contribution in [3.05, 3.63) is 0 Å². The fourth-order valence-electron chi connectivity index (χ4n) is 0.688. The minimum Gasteiger partial charge on any atom is -0.352 e. The Morgan fingerprint density at radius 2 is 1.67 bits per heavy atom. The molecule has 15 heavy (non-hydrogen) atoms. The first-order valence-electron chi connectivity index (χ1n) is 5.18. The largest absolute Gasteiger partial charge is 0.352 e. The molecular formula is C10H22N2O2S. The number of rotatable bonds is 4. The van der Waals surface area contributed by atoms with Gasteiger partial charge in [0.2, 0.25) is 11.8 Å². The van der Waals surface area contributed by atoms with E-state index < -0.39 is 0 Å². The molecule has 0 bridgehead atoms. The highest BCUT2D eigenvalue weighted by Gasteiger charge is 2.09. The smallest absolute Gasteiger partial charge is 0.239 e. The second kappa shape index (κ2) is 9.83. The number of thiol groups is 1. The molecule has 0 heterocycles. The van der Waals surface area contributed by atoms with Gasteiger partial charge in [-0.1, -0.05) is 13.8 Å². The van der Waals surface area contributed by atoms with Crippen molar-refractivity contribution in [2.24, 2.45) is 0 Å². The molecular weight excluding hydrogens is 212 g/mol. The molecule has 0 aliphatic rings. The van der Waals surface area contributed by atoms with Gasteiger partial charge in [0.25, 0.3) is 0 Å². The topological polar surface area (TPSA) is 58.2 Å². The second-order valence-electron chi connectivity index (χ2n) is 3.12. The highest BCUT2D eigenvalue weighted by atomic mass is 32.1. The summed E-state index contributed by atoms with van der Waals surface area (Å²) in [7, 11) is 0. The van der Waals surface area contributed by atoms with Gasteiger partial charge in [-0.3, -0.25) is 9.59 Å². The van der Waals surface area contributed by atoms with Crippen molar-refractivity contribution in [3.63, 3.8) is 0 Å². The lowest BCUT2D eigenvalue weighted by atomic mass is 10.4. The second-order valence-corrected chi connectivity index (χ2v) is 3.89. The standard InChI is InChI=1S/C8H16N2O2S.C2H6/c1-5(2)10-7(11)4-9-8(12)6(3)13;1-2/h5-6,13H,4H2,1-3H3,(H,9,12)(H,10,11);1-2H3/t6-;/m1./s1. The van der Waals surface area contributed by atoms with Gasteiger partial charge in [-0.2, -0.15) is 12.6 Å². The molecule has 0 saturated heterocycles. The van der Waals surface area contributed by atoms with E-state index in [0.717, 1.165) is 0 Å². The predicted molar refractivity (Wildman–Crippen MR) is 66.1 cm³/mol. The quantitative estimate of drug-likeness (QED) is 0.635. The maximum absolute atomic E-state index is 11.0. The summed E-state index contributed by atoms with van der Waals surface area (Å²) in [4.78, 5) is 22.0. The zero-order chi connectivity index (χ0) is 12.4. The minimum atomic E-state index is -0.383. The molecule has 1 atom stereocenters. The summed E-state index contributed by atoms with van der Waals surface area (Å²) in [6, 6.07) is 0.0952. The average Bonchev–Trinajstić information content (AvgIpc) is 2.16. The highest BCUT2D eigenvalue weighted by molar-refractivity contribution is 7.81. The number of carbonyl (C=O) groups is 2. The maximum Gasteiger partial charge on any atom is 0.239 e. The molecule has 0 rings (SSSR count). The lowest BCUT2D eigenvalue weighted by molar-refractivity contribution is -0.125. The SMILES string of the molecule is CC.CC(C)NC(=O)CNC(=O)[C@@H](C)S. The molecule has 0 aromatic rings. The van der Waals surface area contributed by atoms with Crippen LogP contribution in [0, 0.1) is 0 Å². The van der Waals surface area contributed by atoms with E-state index >= 15 is 0 Å². The lowest BCUT2D eigenvalue weighted by Gasteiger charge is -2.09. The van der Waals surface area contributed by atoms with Crippen LogP contribution in [0.5, 0.6) is 0 Å². The Bertz CT molecular complexity index is 194. The Balaban J connectivity index is 0. The van der Waals surface area contributed by atoms with Gasteiger partial charge < -0.3 is 10.6 Å². The zero-order valence-electron chi connectivity index (χ0n) is 10.1. The molecule has 90 valence electrons. The Morgan fingerprint density at radius 3 is 2.00 bits per heavy atom. The number of hydrogen-bond donors (Lipinski definition) is 3. The summed E-state index contributed by atoms with van der Waals surface area (Å²) in [5.74, 6) is -0.417. The summed E-state index contributed by atoms with van der Waals surface area (Å²) < 4.78 is 0. The van der Waals surface area contributed by atoms with Crippen LogP contribution in [0.1, 0.15) is 34.6 Å². The Morgan fingerprint density at radius 1 is 1.20 bits per heavy atom. The third-order valence-electron chi connectivity index (χ3n) is 1.25. The van der Waals surface area contributed by atoms with E-state index in [1.807, 2.05) is 27.7 Å². The molecule has 0 spiro atoms. The molecule has 0 aromatic heterocycles. The van der Waals surface area contributed by atoms with Crippen molar-refractivity contribution in [2.45, 2.75) is 45.9 Å². The van der Waals surface area contributed by atoms with Gasteiger partial charge in [0.1, 0.15) is 0 Å². The van der Waals surface area contributed by atoms with Crippen LogP contribution in [-0.2, 0) is 9.59 Å². The molecule has 0 aliphatic carbocycles. The van der Waals surface area contributed by atoms with Crippen LogP contribution in [0.3, 0.4) is 0 Å². The molecule has 0 aromatic carbocycles. The van der Waals surface area contributed by atoms with Crippen molar-refractivity contribution >= 4 is 24.4 Å². The van der Waals surface area contributed by atoms with Crippen LogP contribution < -0.4 is 10.6 Å². The monoisotopic (exact) mass is 234 g/mol.